The number of benzene rings is 2. The van der Waals surface area contributed by atoms with Gasteiger partial charge in [0.05, 0.1) is 5.69 Å². The fourth-order valence-corrected chi connectivity index (χ4v) is 3.73. The number of phenolic OH excluding ortho intramolecular Hbond substituents is 1. The summed E-state index contributed by atoms with van der Waals surface area (Å²) in [6, 6.07) is 12.9. The number of hydrogen-bond acceptors (Lipinski definition) is 5. The van der Waals surface area contributed by atoms with Gasteiger partial charge < -0.3 is 15.3 Å². The highest BCUT2D eigenvalue weighted by atomic mass is 19.4. The molecule has 0 atom stereocenters. The number of hydrogen-bond donors (Lipinski definition) is 2. The van der Waals surface area contributed by atoms with Gasteiger partial charge in [-0.3, -0.25) is 4.79 Å². The fourth-order valence-electron chi connectivity index (χ4n) is 3.73. The van der Waals surface area contributed by atoms with Gasteiger partial charge in [0.25, 0.3) is 0 Å². The molecule has 2 aromatic carbocycles. The summed E-state index contributed by atoms with van der Waals surface area (Å²) in [6.07, 6.45) is -1.87. The van der Waals surface area contributed by atoms with Gasteiger partial charge in [-0.2, -0.15) is 13.2 Å². The number of fused-ring (bicyclic) bond motifs is 1. The lowest BCUT2D eigenvalue weighted by Gasteiger charge is -2.32. The van der Waals surface area contributed by atoms with Crippen molar-refractivity contribution in [2.45, 2.75) is 19.0 Å². The number of carbonyl (C=O) groups excluding carboxylic acids is 1. The van der Waals surface area contributed by atoms with Crippen LogP contribution >= 0.6 is 0 Å². The smallest absolute Gasteiger partial charge is 0.471 e. The van der Waals surface area contributed by atoms with E-state index in [1.807, 2.05) is 40.5 Å². The number of phenols is 1. The highest BCUT2D eigenvalue weighted by Gasteiger charge is 2.38. The van der Waals surface area contributed by atoms with Crippen molar-refractivity contribution >= 4 is 22.6 Å². The second-order valence-corrected chi connectivity index (χ2v) is 7.63. The van der Waals surface area contributed by atoms with Crippen molar-refractivity contribution in [3.63, 3.8) is 0 Å². The van der Waals surface area contributed by atoms with E-state index in [0.29, 0.717) is 31.9 Å². The number of carbonyl (C=O) groups is 1. The number of nitrogens with one attached hydrogen (secondary N) is 1. The standard InChI is InChI=1S/C22H21F3N4O2/c23-22(24,25)20(31)27-13-14-6-9-29(10-7-14)21-26-8-5-19(28-21)17-2-1-16-12-18(30)4-3-15(16)11-17/h1-5,8,11-12,14,30H,6-7,9-10,13H2,(H,27,31). The molecule has 162 valence electrons. The monoisotopic (exact) mass is 430 g/mol. The van der Waals surface area contributed by atoms with Crippen molar-refractivity contribution in [1.82, 2.24) is 15.3 Å². The Morgan fingerprint density at radius 1 is 1.10 bits per heavy atom. The molecule has 1 aromatic heterocycles. The van der Waals surface area contributed by atoms with Crippen LogP contribution in [0, 0.1) is 5.92 Å². The van der Waals surface area contributed by atoms with E-state index >= 15 is 0 Å². The molecule has 4 rings (SSSR count). The summed E-state index contributed by atoms with van der Waals surface area (Å²) in [7, 11) is 0. The maximum Gasteiger partial charge on any atom is 0.471 e. The maximum atomic E-state index is 12.3. The molecule has 9 heteroatoms. The summed E-state index contributed by atoms with van der Waals surface area (Å²) in [5, 5.41) is 13.5. The quantitative estimate of drug-likeness (QED) is 0.657. The minimum Gasteiger partial charge on any atom is -0.508 e. The average Bonchev–Trinajstić information content (AvgIpc) is 2.77. The predicted octanol–water partition coefficient (Wildman–Crippen LogP) is 3.90. The lowest BCUT2D eigenvalue weighted by atomic mass is 9.97. The third-order valence-electron chi connectivity index (χ3n) is 5.47. The molecule has 1 amide bonds. The SMILES string of the molecule is O=C(NCC1CCN(c2nccc(-c3ccc4cc(O)ccc4c3)n2)CC1)C(F)(F)F. The molecule has 2 N–H and O–H groups in total. The van der Waals surface area contributed by atoms with E-state index < -0.39 is 12.1 Å². The topological polar surface area (TPSA) is 78.4 Å². The maximum absolute atomic E-state index is 12.3. The zero-order chi connectivity index (χ0) is 22.0. The number of rotatable bonds is 4. The van der Waals surface area contributed by atoms with Gasteiger partial charge in [0.2, 0.25) is 5.95 Å². The molecule has 31 heavy (non-hydrogen) atoms. The van der Waals surface area contributed by atoms with E-state index in [0.717, 1.165) is 22.0 Å². The van der Waals surface area contributed by atoms with E-state index in [2.05, 4.69) is 9.97 Å². The Kier molecular flexibility index (Phi) is 5.67. The molecular formula is C22H21F3N4O2. The Balaban J connectivity index is 1.41. The van der Waals surface area contributed by atoms with Gasteiger partial charge in [-0.15, -0.1) is 0 Å². The molecular weight excluding hydrogens is 409 g/mol. The second kappa shape index (κ2) is 8.41. The number of amides is 1. The Hall–Kier alpha value is -3.36. The number of anilines is 1. The van der Waals surface area contributed by atoms with E-state index in [4.69, 9.17) is 0 Å². The molecule has 0 saturated carbocycles. The third kappa shape index (κ3) is 4.87. The molecule has 0 unspecified atom stereocenters. The van der Waals surface area contributed by atoms with Gasteiger partial charge in [0.1, 0.15) is 5.75 Å². The summed E-state index contributed by atoms with van der Waals surface area (Å²) in [6.45, 7) is 1.22. The Bertz CT molecular complexity index is 1100. The van der Waals surface area contributed by atoms with E-state index in [1.165, 1.54) is 0 Å². The van der Waals surface area contributed by atoms with Gasteiger partial charge in [-0.05, 0) is 53.8 Å². The summed E-state index contributed by atoms with van der Waals surface area (Å²) in [4.78, 5) is 22.0. The summed E-state index contributed by atoms with van der Waals surface area (Å²) >= 11 is 0. The summed E-state index contributed by atoms with van der Waals surface area (Å²) < 4.78 is 37.0. The molecule has 0 radical (unpaired) electrons. The number of halogens is 3. The summed E-state index contributed by atoms with van der Waals surface area (Å²) in [5.74, 6) is -1.12. The molecule has 1 fully saturated rings. The van der Waals surface area contributed by atoms with Crippen LogP contribution in [0.2, 0.25) is 0 Å². The number of aromatic nitrogens is 2. The predicted molar refractivity (Wildman–Crippen MR) is 111 cm³/mol. The van der Waals surface area contributed by atoms with Crippen molar-refractivity contribution in [1.29, 1.82) is 0 Å². The number of piperidine rings is 1. The van der Waals surface area contributed by atoms with Crippen LogP contribution in [0.3, 0.4) is 0 Å². The van der Waals surface area contributed by atoms with Gasteiger partial charge in [0, 0.05) is 31.4 Å². The third-order valence-corrected chi connectivity index (χ3v) is 5.47. The first-order valence-electron chi connectivity index (χ1n) is 9.96. The van der Waals surface area contributed by atoms with Crippen LogP contribution in [-0.4, -0.2) is 46.8 Å². The Morgan fingerprint density at radius 3 is 2.55 bits per heavy atom. The van der Waals surface area contributed by atoms with E-state index in [9.17, 15) is 23.1 Å². The van der Waals surface area contributed by atoms with Crippen molar-refractivity contribution in [2.24, 2.45) is 5.92 Å². The number of aromatic hydroxyl groups is 1. The molecule has 0 spiro atoms. The molecule has 6 nitrogen and oxygen atoms in total. The lowest BCUT2D eigenvalue weighted by molar-refractivity contribution is -0.173. The first kappa shape index (κ1) is 20.9. The zero-order valence-corrected chi connectivity index (χ0v) is 16.6. The fraction of sp³-hybridized carbons (Fsp3) is 0.318. The molecule has 3 aromatic rings. The first-order valence-corrected chi connectivity index (χ1v) is 9.96. The van der Waals surface area contributed by atoms with Gasteiger partial charge in [-0.1, -0.05) is 18.2 Å². The van der Waals surface area contributed by atoms with Gasteiger partial charge in [0.15, 0.2) is 0 Å². The highest BCUT2D eigenvalue weighted by molar-refractivity contribution is 5.88. The van der Waals surface area contributed by atoms with Crippen molar-refractivity contribution in [3.8, 4) is 17.0 Å². The minimum atomic E-state index is -4.85. The molecule has 1 aliphatic heterocycles. The average molecular weight is 430 g/mol. The molecule has 1 saturated heterocycles. The van der Waals surface area contributed by atoms with Crippen molar-refractivity contribution in [2.75, 3.05) is 24.5 Å². The molecule has 1 aliphatic rings. The zero-order valence-electron chi connectivity index (χ0n) is 16.6. The van der Waals surface area contributed by atoms with Crippen LogP contribution in [0.4, 0.5) is 19.1 Å². The van der Waals surface area contributed by atoms with E-state index in [-0.39, 0.29) is 18.2 Å². The van der Waals surface area contributed by atoms with Crippen LogP contribution in [0.25, 0.3) is 22.0 Å². The van der Waals surface area contributed by atoms with Crippen molar-refractivity contribution < 1.29 is 23.1 Å². The van der Waals surface area contributed by atoms with Crippen LogP contribution in [-0.2, 0) is 4.79 Å². The Labute approximate surface area is 176 Å². The summed E-state index contributed by atoms with van der Waals surface area (Å²) in [5.41, 5.74) is 1.69. The highest BCUT2D eigenvalue weighted by Crippen LogP contribution is 2.27. The molecule has 0 aliphatic carbocycles. The molecule has 2 heterocycles. The lowest BCUT2D eigenvalue weighted by Crippen LogP contribution is -2.43. The van der Waals surface area contributed by atoms with Crippen LogP contribution in [0.5, 0.6) is 5.75 Å². The van der Waals surface area contributed by atoms with Crippen LogP contribution < -0.4 is 10.2 Å². The molecule has 0 bridgehead atoms. The first-order chi connectivity index (χ1) is 14.8. The van der Waals surface area contributed by atoms with Crippen molar-refractivity contribution in [3.05, 3.63) is 48.7 Å². The van der Waals surface area contributed by atoms with Crippen LogP contribution in [0.1, 0.15) is 12.8 Å². The Morgan fingerprint density at radius 2 is 1.81 bits per heavy atom. The van der Waals surface area contributed by atoms with Gasteiger partial charge in [-0.25, -0.2) is 9.97 Å². The number of alkyl halides is 3. The minimum absolute atomic E-state index is 0.0114. The van der Waals surface area contributed by atoms with E-state index in [1.54, 1.807) is 18.3 Å². The largest absolute Gasteiger partial charge is 0.508 e. The number of nitrogens with zero attached hydrogens (tertiary/aromatic N) is 3. The normalized spacial score (nSPS) is 15.3. The second-order valence-electron chi connectivity index (χ2n) is 7.63. The van der Waals surface area contributed by atoms with Crippen LogP contribution in [0.15, 0.2) is 48.7 Å². The van der Waals surface area contributed by atoms with Gasteiger partial charge >= 0.3 is 12.1 Å².